The molecule has 2 aromatic rings. The lowest BCUT2D eigenvalue weighted by atomic mass is 10.2. The molecular formula is C17H14IN3O2. The van der Waals surface area contributed by atoms with Crippen molar-refractivity contribution in [1.82, 2.24) is 5.43 Å². The highest BCUT2D eigenvalue weighted by Gasteiger charge is 2.13. The van der Waals surface area contributed by atoms with Gasteiger partial charge in [-0.3, -0.25) is 4.79 Å². The number of amides is 1. The van der Waals surface area contributed by atoms with Gasteiger partial charge in [0.15, 0.2) is 6.10 Å². The van der Waals surface area contributed by atoms with Gasteiger partial charge in [-0.25, -0.2) is 5.43 Å². The average molecular weight is 419 g/mol. The molecule has 2 aromatic carbocycles. The third kappa shape index (κ3) is 5.07. The SMILES string of the molecule is CC(Oc1ccc(C#N)cc1)C(=O)N/N=C/c1ccccc1I. The fraction of sp³-hybridized carbons (Fsp3) is 0.118. The maximum atomic E-state index is 11.9. The Labute approximate surface area is 148 Å². The van der Waals surface area contributed by atoms with Crippen LogP contribution in [0.1, 0.15) is 18.1 Å². The number of hydrazone groups is 1. The minimum absolute atomic E-state index is 0.350. The van der Waals surface area contributed by atoms with Crippen molar-refractivity contribution in [2.75, 3.05) is 0 Å². The molecule has 0 heterocycles. The molecule has 0 bridgehead atoms. The fourth-order valence-electron chi connectivity index (χ4n) is 1.70. The van der Waals surface area contributed by atoms with Crippen LogP contribution in [0.5, 0.6) is 5.75 Å². The van der Waals surface area contributed by atoms with E-state index < -0.39 is 6.10 Å². The molecule has 1 atom stereocenters. The summed E-state index contributed by atoms with van der Waals surface area (Å²) < 4.78 is 6.55. The van der Waals surface area contributed by atoms with Crippen LogP contribution in [-0.2, 0) is 4.79 Å². The molecule has 0 aliphatic carbocycles. The summed E-state index contributed by atoms with van der Waals surface area (Å²) in [5, 5.41) is 12.7. The lowest BCUT2D eigenvalue weighted by Gasteiger charge is -2.12. The molecule has 0 aliphatic rings. The summed E-state index contributed by atoms with van der Waals surface area (Å²) in [7, 11) is 0. The highest BCUT2D eigenvalue weighted by Crippen LogP contribution is 2.13. The van der Waals surface area contributed by atoms with Crippen molar-refractivity contribution >= 4 is 34.7 Å². The number of benzene rings is 2. The molecule has 2 rings (SSSR count). The predicted molar refractivity (Wildman–Crippen MR) is 96.1 cm³/mol. The first kappa shape index (κ1) is 17.0. The summed E-state index contributed by atoms with van der Waals surface area (Å²) in [6, 6.07) is 16.3. The van der Waals surface area contributed by atoms with E-state index in [1.165, 1.54) is 0 Å². The Morgan fingerprint density at radius 2 is 2.00 bits per heavy atom. The van der Waals surface area contributed by atoms with Crippen molar-refractivity contribution in [2.24, 2.45) is 5.10 Å². The number of nitrogens with zero attached hydrogens (tertiary/aromatic N) is 2. The van der Waals surface area contributed by atoms with Gasteiger partial charge in [0.05, 0.1) is 17.8 Å². The Bertz CT molecular complexity index is 751. The molecule has 0 spiro atoms. The summed E-state index contributed by atoms with van der Waals surface area (Å²) in [5.74, 6) is 0.171. The van der Waals surface area contributed by atoms with Gasteiger partial charge < -0.3 is 4.74 Å². The van der Waals surface area contributed by atoms with E-state index in [1.807, 2.05) is 30.3 Å². The lowest BCUT2D eigenvalue weighted by Crippen LogP contribution is -2.33. The Morgan fingerprint density at radius 1 is 1.30 bits per heavy atom. The molecular weight excluding hydrogens is 405 g/mol. The normalized spacial score (nSPS) is 11.7. The fourth-order valence-corrected chi connectivity index (χ4v) is 2.23. The van der Waals surface area contributed by atoms with Crippen molar-refractivity contribution in [3.8, 4) is 11.8 Å². The number of hydrogen-bond acceptors (Lipinski definition) is 4. The molecule has 6 heteroatoms. The van der Waals surface area contributed by atoms with Crippen LogP contribution in [-0.4, -0.2) is 18.2 Å². The second-order valence-corrected chi connectivity index (χ2v) is 5.81. The van der Waals surface area contributed by atoms with Gasteiger partial charge >= 0.3 is 0 Å². The quantitative estimate of drug-likeness (QED) is 0.460. The smallest absolute Gasteiger partial charge is 0.280 e. The zero-order valence-corrected chi connectivity index (χ0v) is 14.5. The van der Waals surface area contributed by atoms with E-state index in [0.717, 1.165) is 9.13 Å². The highest BCUT2D eigenvalue weighted by atomic mass is 127. The van der Waals surface area contributed by atoms with Crippen molar-refractivity contribution in [3.63, 3.8) is 0 Å². The van der Waals surface area contributed by atoms with E-state index >= 15 is 0 Å². The van der Waals surface area contributed by atoms with Crippen LogP contribution < -0.4 is 10.2 Å². The maximum Gasteiger partial charge on any atom is 0.280 e. The van der Waals surface area contributed by atoms with Crippen LogP contribution in [0.4, 0.5) is 0 Å². The molecule has 1 unspecified atom stereocenters. The number of halogens is 1. The minimum Gasteiger partial charge on any atom is -0.481 e. The first-order valence-electron chi connectivity index (χ1n) is 6.84. The molecule has 5 nitrogen and oxygen atoms in total. The molecule has 116 valence electrons. The molecule has 0 fully saturated rings. The van der Waals surface area contributed by atoms with E-state index in [2.05, 4.69) is 33.1 Å². The summed E-state index contributed by atoms with van der Waals surface area (Å²) in [6.45, 7) is 1.63. The number of carbonyl (C=O) groups excluding carboxylic acids is 1. The van der Waals surface area contributed by atoms with Crippen LogP contribution >= 0.6 is 22.6 Å². The van der Waals surface area contributed by atoms with Crippen LogP contribution in [0.15, 0.2) is 53.6 Å². The van der Waals surface area contributed by atoms with E-state index in [-0.39, 0.29) is 5.91 Å². The third-order valence-electron chi connectivity index (χ3n) is 2.95. The molecule has 23 heavy (non-hydrogen) atoms. The number of ether oxygens (including phenoxy) is 1. The Kier molecular flexibility index (Phi) is 6.11. The summed E-state index contributed by atoms with van der Waals surface area (Å²) in [5.41, 5.74) is 3.91. The van der Waals surface area contributed by atoms with Crippen LogP contribution in [0.25, 0.3) is 0 Å². The topological polar surface area (TPSA) is 74.5 Å². The van der Waals surface area contributed by atoms with E-state index in [4.69, 9.17) is 10.00 Å². The van der Waals surface area contributed by atoms with Crippen LogP contribution in [0.2, 0.25) is 0 Å². The van der Waals surface area contributed by atoms with E-state index in [0.29, 0.717) is 11.3 Å². The monoisotopic (exact) mass is 419 g/mol. The van der Waals surface area contributed by atoms with Crippen LogP contribution in [0.3, 0.4) is 0 Å². The lowest BCUT2D eigenvalue weighted by molar-refractivity contribution is -0.127. The van der Waals surface area contributed by atoms with Gasteiger partial charge in [0.25, 0.3) is 5.91 Å². The number of carbonyl (C=O) groups is 1. The third-order valence-corrected chi connectivity index (χ3v) is 3.93. The van der Waals surface area contributed by atoms with Gasteiger partial charge in [-0.1, -0.05) is 18.2 Å². The summed E-state index contributed by atoms with van der Waals surface area (Å²) in [6.07, 6.45) is 0.892. The number of hydrogen-bond donors (Lipinski definition) is 1. The molecule has 1 amide bonds. The zero-order valence-electron chi connectivity index (χ0n) is 12.4. The van der Waals surface area contributed by atoms with Crippen LogP contribution in [0, 0.1) is 14.9 Å². The van der Waals surface area contributed by atoms with Gasteiger partial charge in [0, 0.05) is 9.13 Å². The van der Waals surface area contributed by atoms with Crippen molar-refractivity contribution in [2.45, 2.75) is 13.0 Å². The second kappa shape index (κ2) is 8.29. The second-order valence-electron chi connectivity index (χ2n) is 4.65. The summed E-state index contributed by atoms with van der Waals surface area (Å²) >= 11 is 2.20. The Hall–Kier alpha value is -2.40. The number of nitrogens with one attached hydrogen (secondary N) is 1. The van der Waals surface area contributed by atoms with Gasteiger partial charge in [0.1, 0.15) is 5.75 Å². The molecule has 0 saturated heterocycles. The first-order chi connectivity index (χ1) is 11.1. The zero-order chi connectivity index (χ0) is 16.7. The number of rotatable bonds is 5. The Balaban J connectivity index is 1.89. The molecule has 0 aromatic heterocycles. The van der Waals surface area contributed by atoms with E-state index in [9.17, 15) is 4.79 Å². The van der Waals surface area contributed by atoms with Gasteiger partial charge in [-0.05, 0) is 59.8 Å². The van der Waals surface area contributed by atoms with Gasteiger partial charge in [-0.15, -0.1) is 0 Å². The molecule has 0 radical (unpaired) electrons. The predicted octanol–water partition coefficient (Wildman–Crippen LogP) is 3.08. The molecule has 1 N–H and O–H groups in total. The van der Waals surface area contributed by atoms with E-state index in [1.54, 1.807) is 37.4 Å². The largest absolute Gasteiger partial charge is 0.481 e. The van der Waals surface area contributed by atoms with Crippen molar-refractivity contribution in [1.29, 1.82) is 5.26 Å². The van der Waals surface area contributed by atoms with Crippen molar-refractivity contribution < 1.29 is 9.53 Å². The molecule has 0 aliphatic heterocycles. The van der Waals surface area contributed by atoms with Gasteiger partial charge in [-0.2, -0.15) is 10.4 Å². The summed E-state index contributed by atoms with van der Waals surface area (Å²) in [4.78, 5) is 11.9. The first-order valence-corrected chi connectivity index (χ1v) is 7.92. The highest BCUT2D eigenvalue weighted by molar-refractivity contribution is 14.1. The molecule has 0 saturated carbocycles. The average Bonchev–Trinajstić information content (AvgIpc) is 2.57. The Morgan fingerprint density at radius 3 is 2.65 bits per heavy atom. The van der Waals surface area contributed by atoms with Gasteiger partial charge in [0.2, 0.25) is 0 Å². The van der Waals surface area contributed by atoms with Crippen molar-refractivity contribution in [3.05, 3.63) is 63.2 Å². The number of nitriles is 1. The maximum absolute atomic E-state index is 11.9. The standard InChI is InChI=1S/C17H14IN3O2/c1-12(23-15-8-6-13(10-19)7-9-15)17(22)21-20-11-14-4-2-3-5-16(14)18/h2-9,11-12H,1H3,(H,21,22)/b20-11+. The minimum atomic E-state index is -0.699.